The van der Waals surface area contributed by atoms with Crippen molar-refractivity contribution in [1.29, 1.82) is 0 Å². The van der Waals surface area contributed by atoms with E-state index in [1.165, 1.54) is 36.6 Å². The topological polar surface area (TPSA) is 117 Å². The highest BCUT2D eigenvalue weighted by atomic mass is 32.2. The van der Waals surface area contributed by atoms with E-state index >= 15 is 0 Å². The molecular weight excluding hydrogens is 360 g/mol. The first-order valence-corrected chi connectivity index (χ1v) is 8.18. The minimum atomic E-state index is -1.08. The predicted molar refractivity (Wildman–Crippen MR) is 93.4 cm³/mol. The lowest BCUT2D eigenvalue weighted by atomic mass is 10.2. The second-order valence-electron chi connectivity index (χ2n) is 5.21. The molecule has 2 N–H and O–H groups in total. The fourth-order valence-electron chi connectivity index (χ4n) is 2.18. The molecule has 9 heteroatoms. The molecule has 2 aromatic rings. The molecule has 0 saturated carbocycles. The van der Waals surface area contributed by atoms with E-state index in [4.69, 9.17) is 9.52 Å². The van der Waals surface area contributed by atoms with Crippen LogP contribution in [0, 0.1) is 0 Å². The summed E-state index contributed by atoms with van der Waals surface area (Å²) >= 11 is 0.727. The first kappa shape index (κ1) is 17.5. The van der Waals surface area contributed by atoms with Crippen LogP contribution in [0.15, 0.2) is 52.0 Å². The number of amides is 3. The number of rotatable bonds is 5. The largest absolute Gasteiger partial charge is 0.478 e. The van der Waals surface area contributed by atoms with E-state index in [0.717, 1.165) is 16.7 Å². The van der Waals surface area contributed by atoms with Gasteiger partial charge >= 0.3 is 5.97 Å². The molecule has 3 rings (SSSR count). The third-order valence-electron chi connectivity index (χ3n) is 3.41. The van der Waals surface area contributed by atoms with Crippen molar-refractivity contribution < 1.29 is 28.7 Å². The molecule has 1 aromatic heterocycles. The van der Waals surface area contributed by atoms with Crippen LogP contribution in [0.25, 0.3) is 6.08 Å². The van der Waals surface area contributed by atoms with E-state index in [-0.39, 0.29) is 10.5 Å². The van der Waals surface area contributed by atoms with E-state index in [1.54, 1.807) is 12.1 Å². The second kappa shape index (κ2) is 7.28. The molecule has 3 amide bonds. The van der Waals surface area contributed by atoms with Crippen LogP contribution < -0.4 is 5.32 Å². The minimum absolute atomic E-state index is 0.0806. The van der Waals surface area contributed by atoms with Gasteiger partial charge in [0, 0.05) is 11.8 Å². The number of aromatic carboxylic acids is 1. The molecule has 0 unspecified atom stereocenters. The number of carboxylic acid groups (broad SMARTS) is 1. The van der Waals surface area contributed by atoms with E-state index in [2.05, 4.69) is 5.32 Å². The van der Waals surface area contributed by atoms with Gasteiger partial charge in [-0.1, -0.05) is 0 Å². The van der Waals surface area contributed by atoms with Gasteiger partial charge in [-0.3, -0.25) is 19.3 Å². The maximum absolute atomic E-state index is 12.3. The molecule has 8 nitrogen and oxygen atoms in total. The Morgan fingerprint density at radius 1 is 1.19 bits per heavy atom. The highest BCUT2D eigenvalue weighted by Gasteiger charge is 2.36. The summed E-state index contributed by atoms with van der Waals surface area (Å²) < 4.78 is 5.11. The molecule has 0 spiro atoms. The van der Waals surface area contributed by atoms with Crippen LogP contribution in [0.2, 0.25) is 0 Å². The van der Waals surface area contributed by atoms with E-state index in [9.17, 15) is 19.2 Å². The molecule has 0 radical (unpaired) electrons. The van der Waals surface area contributed by atoms with E-state index < -0.39 is 29.6 Å². The SMILES string of the molecule is O=C(CN1C(=O)S/C(=C/c2ccco2)C1=O)Nc1ccc(C(=O)O)cc1. The van der Waals surface area contributed by atoms with Gasteiger partial charge in [-0.25, -0.2) is 4.79 Å². The molecule has 26 heavy (non-hydrogen) atoms. The van der Waals surface area contributed by atoms with E-state index in [1.807, 2.05) is 0 Å². The molecule has 1 aliphatic heterocycles. The zero-order valence-electron chi connectivity index (χ0n) is 13.2. The van der Waals surface area contributed by atoms with E-state index in [0.29, 0.717) is 11.4 Å². The summed E-state index contributed by atoms with van der Waals surface area (Å²) in [7, 11) is 0. The number of carbonyl (C=O) groups is 4. The van der Waals surface area contributed by atoms with Crippen molar-refractivity contribution >= 4 is 46.5 Å². The molecule has 2 heterocycles. The van der Waals surface area contributed by atoms with Gasteiger partial charge in [0.2, 0.25) is 5.91 Å². The molecule has 0 aliphatic carbocycles. The fourth-order valence-corrected chi connectivity index (χ4v) is 3.00. The van der Waals surface area contributed by atoms with Gasteiger partial charge in [0.25, 0.3) is 11.1 Å². The summed E-state index contributed by atoms with van der Waals surface area (Å²) in [4.78, 5) is 48.1. The first-order valence-electron chi connectivity index (χ1n) is 7.36. The average Bonchev–Trinajstić information content (AvgIpc) is 3.20. The van der Waals surface area contributed by atoms with Crippen LogP contribution in [0.1, 0.15) is 16.1 Å². The van der Waals surface area contributed by atoms with Crippen molar-refractivity contribution in [1.82, 2.24) is 4.90 Å². The number of anilines is 1. The third-order valence-corrected chi connectivity index (χ3v) is 4.31. The number of nitrogens with zero attached hydrogens (tertiary/aromatic N) is 1. The molecule has 1 saturated heterocycles. The number of hydrogen-bond acceptors (Lipinski definition) is 6. The number of hydrogen-bond donors (Lipinski definition) is 2. The Hall–Kier alpha value is -3.33. The molecule has 1 aromatic carbocycles. The zero-order chi connectivity index (χ0) is 18.7. The number of imide groups is 1. The fraction of sp³-hybridized carbons (Fsp3) is 0.0588. The number of furan rings is 1. The number of nitrogens with one attached hydrogen (secondary N) is 1. The van der Waals surface area contributed by atoms with Gasteiger partial charge in [0.1, 0.15) is 12.3 Å². The number of thioether (sulfide) groups is 1. The highest BCUT2D eigenvalue weighted by molar-refractivity contribution is 8.18. The number of carboxylic acids is 1. The quantitative estimate of drug-likeness (QED) is 0.775. The lowest BCUT2D eigenvalue weighted by molar-refractivity contribution is -0.127. The van der Waals surface area contributed by atoms with Crippen LogP contribution in [-0.2, 0) is 9.59 Å². The molecule has 0 bridgehead atoms. The Bertz CT molecular complexity index is 902. The molecular formula is C17H12N2O6S. The Balaban J connectivity index is 1.64. The van der Waals surface area contributed by atoms with Gasteiger partial charge < -0.3 is 14.8 Å². The normalized spacial score (nSPS) is 15.5. The summed E-state index contributed by atoms with van der Waals surface area (Å²) in [6.07, 6.45) is 2.88. The minimum Gasteiger partial charge on any atom is -0.478 e. The summed E-state index contributed by atoms with van der Waals surface area (Å²) in [6.45, 7) is -0.444. The van der Waals surface area contributed by atoms with Gasteiger partial charge in [-0.05, 0) is 48.2 Å². The Kier molecular flexibility index (Phi) is 4.90. The Morgan fingerprint density at radius 2 is 1.92 bits per heavy atom. The van der Waals surface area contributed by atoms with Crippen molar-refractivity contribution in [3.8, 4) is 0 Å². The molecule has 0 atom stereocenters. The molecule has 132 valence electrons. The zero-order valence-corrected chi connectivity index (χ0v) is 14.0. The lowest BCUT2D eigenvalue weighted by Crippen LogP contribution is -2.36. The van der Waals surface area contributed by atoms with Gasteiger partial charge in [0.15, 0.2) is 0 Å². The van der Waals surface area contributed by atoms with Gasteiger partial charge in [-0.2, -0.15) is 0 Å². The maximum Gasteiger partial charge on any atom is 0.335 e. The van der Waals surface area contributed by atoms with Crippen LogP contribution in [0.5, 0.6) is 0 Å². The van der Waals surface area contributed by atoms with Crippen molar-refractivity contribution in [2.75, 3.05) is 11.9 Å². The summed E-state index contributed by atoms with van der Waals surface area (Å²) in [5, 5.41) is 10.8. The Labute approximate surface area is 151 Å². The van der Waals surface area contributed by atoms with Crippen molar-refractivity contribution in [2.24, 2.45) is 0 Å². The van der Waals surface area contributed by atoms with Gasteiger partial charge in [-0.15, -0.1) is 0 Å². The summed E-state index contributed by atoms with van der Waals surface area (Å²) in [5.74, 6) is -1.80. The van der Waals surface area contributed by atoms with Crippen LogP contribution in [0.3, 0.4) is 0 Å². The summed E-state index contributed by atoms with van der Waals surface area (Å²) in [5.41, 5.74) is 0.440. The third kappa shape index (κ3) is 3.83. The van der Waals surface area contributed by atoms with Crippen molar-refractivity contribution in [3.63, 3.8) is 0 Å². The average molecular weight is 372 g/mol. The number of carbonyl (C=O) groups excluding carboxylic acids is 3. The molecule has 1 fully saturated rings. The second-order valence-corrected chi connectivity index (χ2v) is 6.21. The first-order chi connectivity index (χ1) is 12.4. The summed E-state index contributed by atoms with van der Waals surface area (Å²) in [6, 6.07) is 8.81. The smallest absolute Gasteiger partial charge is 0.335 e. The highest BCUT2D eigenvalue weighted by Crippen LogP contribution is 2.32. The van der Waals surface area contributed by atoms with Gasteiger partial charge in [0.05, 0.1) is 16.7 Å². The standard InChI is InChI=1S/C17H12N2O6S/c20-14(18-11-5-3-10(4-6-11)16(22)23)9-19-15(21)13(26-17(19)24)8-12-2-1-7-25-12/h1-8H,9H2,(H,18,20)(H,22,23)/b13-8+. The van der Waals surface area contributed by atoms with Crippen molar-refractivity contribution in [2.45, 2.75) is 0 Å². The predicted octanol–water partition coefficient (Wildman–Crippen LogP) is 2.65. The van der Waals surface area contributed by atoms with Crippen molar-refractivity contribution in [3.05, 3.63) is 58.9 Å². The van der Waals surface area contributed by atoms with Crippen LogP contribution >= 0.6 is 11.8 Å². The number of benzene rings is 1. The van der Waals surface area contributed by atoms with Crippen LogP contribution in [-0.4, -0.2) is 39.6 Å². The Morgan fingerprint density at radius 3 is 2.54 bits per heavy atom. The lowest BCUT2D eigenvalue weighted by Gasteiger charge is -2.12. The monoisotopic (exact) mass is 372 g/mol. The van der Waals surface area contributed by atoms with Crippen LogP contribution in [0.4, 0.5) is 10.5 Å². The maximum atomic E-state index is 12.3. The molecule has 1 aliphatic rings.